The zero-order valence-electron chi connectivity index (χ0n) is 19.9. The predicted octanol–water partition coefficient (Wildman–Crippen LogP) is 5.90. The third-order valence-corrected chi connectivity index (χ3v) is 11.0. The van der Waals surface area contributed by atoms with Gasteiger partial charge in [-0.05, 0) is 108 Å². The van der Waals surface area contributed by atoms with E-state index in [4.69, 9.17) is 0 Å². The molecule has 31 heavy (non-hydrogen) atoms. The summed E-state index contributed by atoms with van der Waals surface area (Å²) in [6.07, 6.45) is 7.65. The van der Waals surface area contributed by atoms with Crippen LogP contribution < -0.4 is 0 Å². The first-order valence-electron chi connectivity index (χ1n) is 12.1. The van der Waals surface area contributed by atoms with Gasteiger partial charge in [0.2, 0.25) is 0 Å². The molecule has 3 aliphatic rings. The standard InChI is InChI=1S/C27H40O4/c1-17-8-12-25(3)21(10-13-27(5)22(25)9-11-24(27,2)16-28)26(17,4)15-19-14-18(23(30)31)6-7-20(19)29/h6-7,14,17,21-22,28-29H,8-13,15-16H2,1-5H3,(H,30,31)/t17-,21-,22-,24+,25+,26-,27-/m1/s1. The quantitative estimate of drug-likeness (QED) is 0.558. The lowest BCUT2D eigenvalue weighted by Gasteiger charge is -2.65. The highest BCUT2D eigenvalue weighted by Gasteiger charge is 2.66. The summed E-state index contributed by atoms with van der Waals surface area (Å²) < 4.78 is 0. The number of carboxylic acids is 1. The minimum absolute atomic E-state index is 0.000795. The average molecular weight is 429 g/mol. The van der Waals surface area contributed by atoms with Crippen LogP contribution in [0.25, 0.3) is 0 Å². The van der Waals surface area contributed by atoms with Crippen molar-refractivity contribution >= 4 is 5.97 Å². The second-order valence-corrected chi connectivity index (χ2v) is 12.1. The number of hydrogen-bond donors (Lipinski definition) is 3. The van der Waals surface area contributed by atoms with Crippen molar-refractivity contribution in [2.24, 2.45) is 39.4 Å². The Bertz CT molecular complexity index is 880. The molecule has 4 rings (SSSR count). The van der Waals surface area contributed by atoms with Crippen molar-refractivity contribution in [1.29, 1.82) is 0 Å². The number of phenols is 1. The second-order valence-electron chi connectivity index (χ2n) is 12.1. The molecule has 1 aromatic rings. The molecule has 0 unspecified atom stereocenters. The van der Waals surface area contributed by atoms with Gasteiger partial charge in [-0.2, -0.15) is 0 Å². The molecule has 0 radical (unpaired) electrons. The summed E-state index contributed by atoms with van der Waals surface area (Å²) in [6.45, 7) is 12.2. The van der Waals surface area contributed by atoms with E-state index in [9.17, 15) is 20.1 Å². The van der Waals surface area contributed by atoms with Gasteiger partial charge in [-0.15, -0.1) is 0 Å². The molecular weight excluding hydrogens is 388 g/mol. The van der Waals surface area contributed by atoms with Gasteiger partial charge >= 0.3 is 5.97 Å². The molecule has 0 heterocycles. The van der Waals surface area contributed by atoms with Crippen molar-refractivity contribution < 1.29 is 20.1 Å². The van der Waals surface area contributed by atoms with Gasteiger partial charge in [-0.3, -0.25) is 0 Å². The summed E-state index contributed by atoms with van der Waals surface area (Å²) >= 11 is 0. The Balaban J connectivity index is 1.72. The number of benzene rings is 1. The van der Waals surface area contributed by atoms with E-state index in [1.807, 2.05) is 0 Å². The van der Waals surface area contributed by atoms with Crippen LogP contribution in [0.3, 0.4) is 0 Å². The maximum Gasteiger partial charge on any atom is 0.335 e. The third kappa shape index (κ3) is 3.08. The second kappa shape index (κ2) is 7.23. The zero-order valence-corrected chi connectivity index (χ0v) is 19.9. The van der Waals surface area contributed by atoms with Crippen molar-refractivity contribution in [3.63, 3.8) is 0 Å². The molecule has 3 aliphatic carbocycles. The fourth-order valence-electron chi connectivity index (χ4n) is 8.50. The SMILES string of the molecule is C[C@@H]1CC[C@@]2(C)[C@@H](CC[C@]3(C)[C@@H]2CC[C@@]3(C)CO)[C@]1(C)Cc1cc(C(=O)O)ccc1O. The summed E-state index contributed by atoms with van der Waals surface area (Å²) in [4.78, 5) is 11.5. The van der Waals surface area contributed by atoms with E-state index >= 15 is 0 Å². The molecule has 1 aromatic carbocycles. The van der Waals surface area contributed by atoms with Crippen LogP contribution >= 0.6 is 0 Å². The van der Waals surface area contributed by atoms with E-state index in [0.29, 0.717) is 24.2 Å². The summed E-state index contributed by atoms with van der Waals surface area (Å²) in [5.74, 6) is 0.890. The third-order valence-electron chi connectivity index (χ3n) is 11.0. The number of carboxylic acid groups (broad SMARTS) is 1. The highest BCUT2D eigenvalue weighted by Crippen LogP contribution is 2.73. The van der Waals surface area contributed by atoms with Gasteiger partial charge in [0.25, 0.3) is 0 Å². The van der Waals surface area contributed by atoms with Gasteiger partial charge in [-0.1, -0.05) is 34.6 Å². The molecule has 172 valence electrons. The van der Waals surface area contributed by atoms with Crippen molar-refractivity contribution in [3.8, 4) is 5.75 Å². The molecular formula is C27H40O4. The first kappa shape index (κ1) is 22.6. The van der Waals surface area contributed by atoms with E-state index in [0.717, 1.165) is 31.2 Å². The molecule has 3 saturated carbocycles. The number of rotatable bonds is 4. The van der Waals surface area contributed by atoms with Crippen LogP contribution in [0, 0.1) is 39.4 Å². The minimum Gasteiger partial charge on any atom is -0.508 e. The largest absolute Gasteiger partial charge is 0.508 e. The number of hydrogen-bond acceptors (Lipinski definition) is 3. The molecule has 0 saturated heterocycles. The van der Waals surface area contributed by atoms with Gasteiger partial charge < -0.3 is 15.3 Å². The van der Waals surface area contributed by atoms with E-state index in [2.05, 4.69) is 34.6 Å². The maximum absolute atomic E-state index is 11.5. The molecule has 0 amide bonds. The Morgan fingerprint density at radius 3 is 2.35 bits per heavy atom. The molecule has 0 spiro atoms. The maximum atomic E-state index is 11.5. The van der Waals surface area contributed by atoms with Gasteiger partial charge in [0, 0.05) is 6.61 Å². The molecule has 0 bridgehead atoms. The minimum atomic E-state index is -0.949. The lowest BCUT2D eigenvalue weighted by Crippen LogP contribution is -2.59. The summed E-state index contributed by atoms with van der Waals surface area (Å²) in [5.41, 5.74) is 1.38. The van der Waals surface area contributed by atoms with Gasteiger partial charge in [-0.25, -0.2) is 4.79 Å². The highest BCUT2D eigenvalue weighted by atomic mass is 16.4. The Labute approximate surface area is 187 Å². The van der Waals surface area contributed by atoms with Gasteiger partial charge in [0.15, 0.2) is 0 Å². The van der Waals surface area contributed by atoms with Crippen molar-refractivity contribution in [2.45, 2.75) is 79.6 Å². The van der Waals surface area contributed by atoms with Gasteiger partial charge in [0.05, 0.1) is 5.56 Å². The summed E-state index contributed by atoms with van der Waals surface area (Å²) in [6, 6.07) is 4.70. The molecule has 0 aromatic heterocycles. The number of phenolic OH excluding ortho intramolecular Hbond substituents is 1. The number of aromatic hydroxyl groups is 1. The lowest BCUT2D eigenvalue weighted by atomic mass is 9.39. The van der Waals surface area contributed by atoms with Crippen LogP contribution in [0.4, 0.5) is 0 Å². The highest BCUT2D eigenvalue weighted by molar-refractivity contribution is 5.88. The topological polar surface area (TPSA) is 77.8 Å². The molecule has 4 heteroatoms. The van der Waals surface area contributed by atoms with Crippen molar-refractivity contribution in [2.75, 3.05) is 6.61 Å². The zero-order chi connectivity index (χ0) is 22.8. The molecule has 3 N–H and O–H groups in total. The van der Waals surface area contributed by atoms with Crippen molar-refractivity contribution in [1.82, 2.24) is 0 Å². The van der Waals surface area contributed by atoms with Crippen LogP contribution in [-0.2, 0) is 6.42 Å². The lowest BCUT2D eigenvalue weighted by molar-refractivity contribution is -0.166. The molecule has 3 fully saturated rings. The first-order valence-corrected chi connectivity index (χ1v) is 12.1. The normalized spacial score (nSPS) is 44.5. The number of aliphatic hydroxyl groups excluding tert-OH is 1. The number of carbonyl (C=O) groups is 1. The Morgan fingerprint density at radius 2 is 1.71 bits per heavy atom. The number of aromatic carboxylic acids is 1. The Kier molecular flexibility index (Phi) is 5.28. The fourth-order valence-corrected chi connectivity index (χ4v) is 8.50. The van der Waals surface area contributed by atoms with E-state index in [1.165, 1.54) is 25.0 Å². The van der Waals surface area contributed by atoms with E-state index in [1.54, 1.807) is 6.07 Å². The van der Waals surface area contributed by atoms with Crippen LogP contribution in [-0.4, -0.2) is 27.9 Å². The van der Waals surface area contributed by atoms with Crippen LogP contribution in [0.15, 0.2) is 18.2 Å². The first-order chi connectivity index (χ1) is 14.4. The number of aliphatic hydroxyl groups is 1. The average Bonchev–Trinajstić information content (AvgIpc) is 2.99. The van der Waals surface area contributed by atoms with E-state index in [-0.39, 0.29) is 39.6 Å². The van der Waals surface area contributed by atoms with Crippen LogP contribution in [0.2, 0.25) is 0 Å². The smallest absolute Gasteiger partial charge is 0.335 e. The predicted molar refractivity (Wildman–Crippen MR) is 122 cm³/mol. The van der Waals surface area contributed by atoms with E-state index < -0.39 is 5.97 Å². The van der Waals surface area contributed by atoms with Crippen molar-refractivity contribution in [3.05, 3.63) is 29.3 Å². The monoisotopic (exact) mass is 428 g/mol. The Hall–Kier alpha value is -1.55. The molecule has 0 aliphatic heterocycles. The molecule has 4 nitrogen and oxygen atoms in total. The van der Waals surface area contributed by atoms with Crippen LogP contribution in [0.5, 0.6) is 5.75 Å². The Morgan fingerprint density at radius 1 is 1.03 bits per heavy atom. The summed E-state index contributed by atoms with van der Waals surface area (Å²) in [7, 11) is 0. The summed E-state index contributed by atoms with van der Waals surface area (Å²) in [5, 5.41) is 30.3. The van der Waals surface area contributed by atoms with Gasteiger partial charge in [0.1, 0.15) is 5.75 Å². The fraction of sp³-hybridized carbons (Fsp3) is 0.741. The van der Waals surface area contributed by atoms with Crippen LogP contribution in [0.1, 0.15) is 89.1 Å². The molecule has 7 atom stereocenters. The number of fused-ring (bicyclic) bond motifs is 3.